The first-order valence-electron chi connectivity index (χ1n) is 6.88. The van der Waals surface area contributed by atoms with Gasteiger partial charge in [0, 0.05) is 11.9 Å². The van der Waals surface area contributed by atoms with Crippen LogP contribution in [0.4, 0.5) is 0 Å². The predicted molar refractivity (Wildman–Crippen MR) is 79.5 cm³/mol. The summed E-state index contributed by atoms with van der Waals surface area (Å²) in [6.45, 7) is 4.33. The number of hydrogen-bond acceptors (Lipinski definition) is 3. The summed E-state index contributed by atoms with van der Waals surface area (Å²) >= 11 is 0. The zero-order valence-electron chi connectivity index (χ0n) is 11.8. The molecule has 4 heteroatoms. The van der Waals surface area contributed by atoms with E-state index in [0.29, 0.717) is 18.0 Å². The molecular weight excluding hydrogens is 252 g/mol. The van der Waals surface area contributed by atoms with Crippen molar-refractivity contribution >= 4 is 16.8 Å². The normalized spacial score (nSPS) is 12.6. The quantitative estimate of drug-likeness (QED) is 0.878. The molecule has 2 N–H and O–H groups in total. The van der Waals surface area contributed by atoms with Gasteiger partial charge in [0.1, 0.15) is 5.69 Å². The van der Waals surface area contributed by atoms with Gasteiger partial charge >= 0.3 is 0 Å². The van der Waals surface area contributed by atoms with Crippen molar-refractivity contribution in [3.8, 4) is 0 Å². The van der Waals surface area contributed by atoms with Crippen molar-refractivity contribution in [2.45, 2.75) is 26.4 Å². The van der Waals surface area contributed by atoms with E-state index in [-0.39, 0.29) is 12.5 Å². The van der Waals surface area contributed by atoms with Crippen molar-refractivity contribution in [2.75, 3.05) is 6.54 Å². The van der Waals surface area contributed by atoms with Gasteiger partial charge in [-0.15, -0.1) is 0 Å². The lowest BCUT2D eigenvalue weighted by Crippen LogP contribution is -2.33. The second-order valence-corrected chi connectivity index (χ2v) is 5.38. The van der Waals surface area contributed by atoms with E-state index in [4.69, 9.17) is 0 Å². The molecule has 1 amide bonds. The van der Waals surface area contributed by atoms with Crippen LogP contribution in [0.3, 0.4) is 0 Å². The van der Waals surface area contributed by atoms with Crippen LogP contribution in [0.2, 0.25) is 0 Å². The van der Waals surface area contributed by atoms with Crippen LogP contribution in [0.5, 0.6) is 0 Å². The summed E-state index contributed by atoms with van der Waals surface area (Å²) in [5, 5.41) is 13.5. The van der Waals surface area contributed by atoms with E-state index in [1.54, 1.807) is 6.07 Å². The van der Waals surface area contributed by atoms with Crippen LogP contribution in [-0.2, 0) is 0 Å². The summed E-state index contributed by atoms with van der Waals surface area (Å²) < 4.78 is 0. The van der Waals surface area contributed by atoms with Crippen LogP contribution in [-0.4, -0.2) is 28.6 Å². The van der Waals surface area contributed by atoms with Crippen molar-refractivity contribution in [3.63, 3.8) is 0 Å². The molecule has 0 aliphatic carbocycles. The van der Waals surface area contributed by atoms with Crippen molar-refractivity contribution in [2.24, 2.45) is 5.92 Å². The molecule has 2 aromatic rings. The molecule has 1 unspecified atom stereocenters. The lowest BCUT2D eigenvalue weighted by molar-refractivity contribution is 0.0896. The Bertz CT molecular complexity index is 596. The second kappa shape index (κ2) is 6.48. The van der Waals surface area contributed by atoms with Crippen molar-refractivity contribution in [1.29, 1.82) is 0 Å². The molecule has 0 fully saturated rings. The molecule has 0 aliphatic rings. The predicted octanol–water partition coefficient (Wildman–Crippen LogP) is 2.37. The highest BCUT2D eigenvalue weighted by molar-refractivity contribution is 5.94. The molecule has 1 heterocycles. The smallest absolute Gasteiger partial charge is 0.269 e. The fourth-order valence-electron chi connectivity index (χ4n) is 2.12. The molecule has 1 aromatic heterocycles. The number of para-hydroxylation sites is 1. The van der Waals surface area contributed by atoms with Gasteiger partial charge in [-0.1, -0.05) is 38.1 Å². The number of rotatable bonds is 5. The van der Waals surface area contributed by atoms with Crippen molar-refractivity contribution in [3.05, 3.63) is 42.1 Å². The number of carbonyl (C=O) groups is 1. The number of aromatic nitrogens is 1. The Morgan fingerprint density at radius 2 is 2.00 bits per heavy atom. The third kappa shape index (κ3) is 3.78. The minimum atomic E-state index is -0.514. The largest absolute Gasteiger partial charge is 0.391 e. The van der Waals surface area contributed by atoms with Crippen LogP contribution >= 0.6 is 0 Å². The Morgan fingerprint density at radius 3 is 2.75 bits per heavy atom. The van der Waals surface area contributed by atoms with E-state index in [1.807, 2.05) is 44.2 Å². The molecule has 4 nitrogen and oxygen atoms in total. The molecule has 0 radical (unpaired) electrons. The first kappa shape index (κ1) is 14.5. The SMILES string of the molecule is CC(C)CC(O)CNC(=O)c1ccc2ccccc2n1. The first-order chi connectivity index (χ1) is 9.56. The summed E-state index contributed by atoms with van der Waals surface area (Å²) in [4.78, 5) is 16.3. The third-order valence-corrected chi connectivity index (χ3v) is 3.07. The first-order valence-corrected chi connectivity index (χ1v) is 6.88. The zero-order valence-corrected chi connectivity index (χ0v) is 11.8. The minimum absolute atomic E-state index is 0.251. The van der Waals surface area contributed by atoms with E-state index < -0.39 is 6.10 Å². The number of pyridine rings is 1. The van der Waals surface area contributed by atoms with Crippen LogP contribution in [0, 0.1) is 5.92 Å². The fourth-order valence-corrected chi connectivity index (χ4v) is 2.12. The molecular formula is C16H20N2O2. The van der Waals surface area contributed by atoms with Gasteiger partial charge in [-0.2, -0.15) is 0 Å². The topological polar surface area (TPSA) is 62.2 Å². The molecule has 0 aliphatic heterocycles. The number of fused-ring (bicyclic) bond motifs is 1. The van der Waals surface area contributed by atoms with E-state index in [2.05, 4.69) is 10.3 Å². The average molecular weight is 272 g/mol. The molecule has 106 valence electrons. The summed E-state index contributed by atoms with van der Waals surface area (Å²) in [7, 11) is 0. The Kier molecular flexibility index (Phi) is 4.69. The highest BCUT2D eigenvalue weighted by Gasteiger charge is 2.11. The number of aliphatic hydroxyl groups excluding tert-OH is 1. The van der Waals surface area contributed by atoms with E-state index in [0.717, 1.165) is 10.9 Å². The second-order valence-electron chi connectivity index (χ2n) is 5.38. The van der Waals surface area contributed by atoms with Crippen LogP contribution < -0.4 is 5.32 Å². The molecule has 0 saturated carbocycles. The van der Waals surface area contributed by atoms with Gasteiger partial charge in [0.05, 0.1) is 11.6 Å². The van der Waals surface area contributed by atoms with Gasteiger partial charge in [-0.3, -0.25) is 4.79 Å². The average Bonchev–Trinajstić information content (AvgIpc) is 2.43. The maximum Gasteiger partial charge on any atom is 0.269 e. The molecule has 0 bridgehead atoms. The number of carbonyl (C=O) groups excluding carboxylic acids is 1. The maximum absolute atomic E-state index is 12.0. The summed E-state index contributed by atoms with van der Waals surface area (Å²) in [5.41, 5.74) is 1.17. The number of aliphatic hydroxyl groups is 1. The number of amides is 1. The van der Waals surface area contributed by atoms with E-state index in [1.165, 1.54) is 0 Å². The highest BCUT2D eigenvalue weighted by Crippen LogP contribution is 2.11. The van der Waals surface area contributed by atoms with Crippen molar-refractivity contribution in [1.82, 2.24) is 10.3 Å². The van der Waals surface area contributed by atoms with E-state index >= 15 is 0 Å². The summed E-state index contributed by atoms with van der Waals surface area (Å²) in [5.74, 6) is 0.152. The number of nitrogens with zero attached hydrogens (tertiary/aromatic N) is 1. The fraction of sp³-hybridized carbons (Fsp3) is 0.375. The minimum Gasteiger partial charge on any atom is -0.391 e. The monoisotopic (exact) mass is 272 g/mol. The lowest BCUT2D eigenvalue weighted by Gasteiger charge is -2.13. The Balaban J connectivity index is 2.00. The van der Waals surface area contributed by atoms with Crippen LogP contribution in [0.25, 0.3) is 10.9 Å². The third-order valence-electron chi connectivity index (χ3n) is 3.07. The standard InChI is InChI=1S/C16H20N2O2/c1-11(2)9-13(19)10-17-16(20)15-8-7-12-5-3-4-6-14(12)18-15/h3-8,11,13,19H,9-10H2,1-2H3,(H,17,20). The highest BCUT2D eigenvalue weighted by atomic mass is 16.3. The molecule has 0 spiro atoms. The van der Waals surface area contributed by atoms with Gasteiger partial charge in [-0.05, 0) is 24.5 Å². The molecule has 1 aromatic carbocycles. The molecule has 2 rings (SSSR count). The summed E-state index contributed by atoms with van der Waals surface area (Å²) in [6.07, 6.45) is 0.158. The zero-order chi connectivity index (χ0) is 14.5. The van der Waals surface area contributed by atoms with Gasteiger partial charge in [0.2, 0.25) is 0 Å². The Labute approximate surface area is 118 Å². The van der Waals surface area contributed by atoms with Crippen LogP contribution in [0.15, 0.2) is 36.4 Å². The van der Waals surface area contributed by atoms with Crippen molar-refractivity contribution < 1.29 is 9.90 Å². The maximum atomic E-state index is 12.0. The van der Waals surface area contributed by atoms with Gasteiger partial charge < -0.3 is 10.4 Å². The van der Waals surface area contributed by atoms with Crippen LogP contribution in [0.1, 0.15) is 30.8 Å². The Hall–Kier alpha value is -1.94. The molecule has 20 heavy (non-hydrogen) atoms. The molecule has 0 saturated heterocycles. The van der Waals surface area contributed by atoms with Gasteiger partial charge in [0.15, 0.2) is 0 Å². The summed E-state index contributed by atoms with van der Waals surface area (Å²) in [6, 6.07) is 11.2. The lowest BCUT2D eigenvalue weighted by atomic mass is 10.1. The number of benzene rings is 1. The molecule has 1 atom stereocenters. The number of hydrogen-bond donors (Lipinski definition) is 2. The Morgan fingerprint density at radius 1 is 1.25 bits per heavy atom. The number of nitrogens with one attached hydrogen (secondary N) is 1. The van der Waals surface area contributed by atoms with Gasteiger partial charge in [0.25, 0.3) is 5.91 Å². The van der Waals surface area contributed by atoms with Gasteiger partial charge in [-0.25, -0.2) is 4.98 Å². The van der Waals surface area contributed by atoms with E-state index in [9.17, 15) is 9.90 Å².